The number of benzene rings is 1. The maximum Gasteiger partial charge on any atom is 0.0667 e. The summed E-state index contributed by atoms with van der Waals surface area (Å²) in [6, 6.07) is 9.35. The van der Waals surface area contributed by atoms with Gasteiger partial charge in [0, 0.05) is 24.9 Å². The molecule has 0 spiro atoms. The van der Waals surface area contributed by atoms with Crippen molar-refractivity contribution >= 4 is 5.69 Å². The van der Waals surface area contributed by atoms with Crippen LogP contribution in [-0.2, 0) is 11.3 Å². The normalized spacial score (nSPS) is 24.5. The fraction of sp³-hybridized carbons (Fsp3) is 0.625. The Kier molecular flexibility index (Phi) is 4.36. The average molecular weight is 260 g/mol. The lowest BCUT2D eigenvalue weighted by Crippen LogP contribution is -2.30. The Hall–Kier alpha value is -1.06. The summed E-state index contributed by atoms with van der Waals surface area (Å²) in [7, 11) is 0. The van der Waals surface area contributed by atoms with E-state index in [4.69, 9.17) is 4.74 Å². The minimum absolute atomic E-state index is 0.482. The molecule has 3 nitrogen and oxygen atoms in total. The maximum absolute atomic E-state index is 5.52. The summed E-state index contributed by atoms with van der Waals surface area (Å²) < 4.78 is 5.52. The Balaban J connectivity index is 1.58. The zero-order chi connectivity index (χ0) is 12.9. The van der Waals surface area contributed by atoms with Crippen molar-refractivity contribution in [2.45, 2.75) is 38.3 Å². The molecule has 0 bridgehead atoms. The van der Waals surface area contributed by atoms with E-state index in [-0.39, 0.29) is 0 Å². The van der Waals surface area contributed by atoms with Crippen LogP contribution in [0.5, 0.6) is 0 Å². The van der Waals surface area contributed by atoms with E-state index >= 15 is 0 Å². The van der Waals surface area contributed by atoms with Gasteiger partial charge < -0.3 is 10.1 Å². The first-order chi connectivity index (χ1) is 9.40. The van der Waals surface area contributed by atoms with Gasteiger partial charge in [0.15, 0.2) is 0 Å². The second kappa shape index (κ2) is 6.40. The lowest BCUT2D eigenvalue weighted by Gasteiger charge is -2.24. The zero-order valence-electron chi connectivity index (χ0n) is 11.6. The molecular formula is C16H24N2O. The van der Waals surface area contributed by atoms with Gasteiger partial charge in [-0.15, -0.1) is 0 Å². The standard InChI is InChI=1S/C16H24N2O/c1-2-9-18(8-1)12-14-5-3-6-15(11-14)17-16-7-4-10-19-13-16/h3,5-6,11,16-17H,1-2,4,7-10,12-13H2. The fourth-order valence-electron chi connectivity index (χ4n) is 3.05. The first-order valence-electron chi connectivity index (χ1n) is 7.56. The van der Waals surface area contributed by atoms with Crippen LogP contribution in [0.4, 0.5) is 5.69 Å². The van der Waals surface area contributed by atoms with Crippen LogP contribution in [0.25, 0.3) is 0 Å². The van der Waals surface area contributed by atoms with Gasteiger partial charge in [0.2, 0.25) is 0 Å². The fourth-order valence-corrected chi connectivity index (χ4v) is 3.05. The first kappa shape index (κ1) is 12.9. The molecule has 19 heavy (non-hydrogen) atoms. The monoisotopic (exact) mass is 260 g/mol. The van der Waals surface area contributed by atoms with E-state index < -0.39 is 0 Å². The number of likely N-dealkylation sites (tertiary alicyclic amines) is 1. The topological polar surface area (TPSA) is 24.5 Å². The third-order valence-electron chi connectivity index (χ3n) is 4.06. The van der Waals surface area contributed by atoms with E-state index in [0.717, 1.165) is 19.8 Å². The van der Waals surface area contributed by atoms with Crippen molar-refractivity contribution < 1.29 is 4.74 Å². The van der Waals surface area contributed by atoms with Crippen LogP contribution in [-0.4, -0.2) is 37.2 Å². The molecular weight excluding hydrogens is 236 g/mol. The highest BCUT2D eigenvalue weighted by atomic mass is 16.5. The molecule has 1 unspecified atom stereocenters. The summed E-state index contributed by atoms with van der Waals surface area (Å²) in [5.74, 6) is 0. The number of hydrogen-bond acceptors (Lipinski definition) is 3. The van der Waals surface area contributed by atoms with Crippen molar-refractivity contribution in [3.8, 4) is 0 Å². The van der Waals surface area contributed by atoms with Gasteiger partial charge in [-0.3, -0.25) is 4.90 Å². The first-order valence-corrected chi connectivity index (χ1v) is 7.56. The lowest BCUT2D eigenvalue weighted by atomic mass is 10.1. The van der Waals surface area contributed by atoms with Crippen molar-refractivity contribution in [3.63, 3.8) is 0 Å². The molecule has 0 aliphatic carbocycles. The van der Waals surface area contributed by atoms with Crippen LogP contribution in [0, 0.1) is 0 Å². The van der Waals surface area contributed by atoms with Crippen molar-refractivity contribution in [3.05, 3.63) is 29.8 Å². The van der Waals surface area contributed by atoms with Gasteiger partial charge in [-0.25, -0.2) is 0 Å². The molecule has 3 heteroatoms. The van der Waals surface area contributed by atoms with E-state index in [1.807, 2.05) is 0 Å². The molecule has 1 atom stereocenters. The highest BCUT2D eigenvalue weighted by molar-refractivity contribution is 5.46. The van der Waals surface area contributed by atoms with Gasteiger partial charge in [0.1, 0.15) is 0 Å². The Morgan fingerprint density at radius 3 is 2.89 bits per heavy atom. The van der Waals surface area contributed by atoms with Gasteiger partial charge >= 0.3 is 0 Å². The molecule has 2 saturated heterocycles. The van der Waals surface area contributed by atoms with Crippen molar-refractivity contribution in [1.29, 1.82) is 0 Å². The van der Waals surface area contributed by atoms with Crippen LogP contribution in [0.3, 0.4) is 0 Å². The molecule has 104 valence electrons. The average Bonchev–Trinajstić information content (AvgIpc) is 2.93. The Labute approximate surface area is 115 Å². The lowest BCUT2D eigenvalue weighted by molar-refractivity contribution is 0.0876. The third kappa shape index (κ3) is 3.71. The Bertz CT molecular complexity index is 395. The van der Waals surface area contributed by atoms with Crippen LogP contribution in [0.1, 0.15) is 31.2 Å². The molecule has 2 fully saturated rings. The number of hydrogen-bond donors (Lipinski definition) is 1. The Morgan fingerprint density at radius 2 is 2.11 bits per heavy atom. The number of nitrogens with zero attached hydrogens (tertiary/aromatic N) is 1. The minimum Gasteiger partial charge on any atom is -0.380 e. The predicted molar refractivity (Wildman–Crippen MR) is 78.4 cm³/mol. The molecule has 3 rings (SSSR count). The molecule has 2 heterocycles. The van der Waals surface area contributed by atoms with Gasteiger partial charge in [-0.2, -0.15) is 0 Å². The molecule has 1 aromatic carbocycles. The van der Waals surface area contributed by atoms with Crippen molar-refractivity contribution in [2.75, 3.05) is 31.6 Å². The highest BCUT2D eigenvalue weighted by Crippen LogP contribution is 2.18. The quantitative estimate of drug-likeness (QED) is 0.901. The number of ether oxygens (including phenoxy) is 1. The van der Waals surface area contributed by atoms with Crippen molar-refractivity contribution in [1.82, 2.24) is 4.90 Å². The summed E-state index contributed by atoms with van der Waals surface area (Å²) in [6.07, 6.45) is 5.11. The molecule has 0 saturated carbocycles. The Morgan fingerprint density at radius 1 is 1.21 bits per heavy atom. The summed E-state index contributed by atoms with van der Waals surface area (Å²) in [5, 5.41) is 3.60. The SMILES string of the molecule is c1cc(CN2CCCC2)cc(NC2CCCOC2)c1. The van der Waals surface area contributed by atoms with Crippen LogP contribution in [0.15, 0.2) is 24.3 Å². The van der Waals surface area contributed by atoms with Gasteiger partial charge in [0.05, 0.1) is 6.61 Å². The summed E-state index contributed by atoms with van der Waals surface area (Å²) in [6.45, 7) is 5.38. The van der Waals surface area contributed by atoms with E-state index in [1.165, 1.54) is 50.0 Å². The maximum atomic E-state index is 5.52. The van der Waals surface area contributed by atoms with Gasteiger partial charge in [-0.1, -0.05) is 12.1 Å². The molecule has 1 N–H and O–H groups in total. The summed E-state index contributed by atoms with van der Waals surface area (Å²) in [4.78, 5) is 2.54. The van der Waals surface area contributed by atoms with Crippen molar-refractivity contribution in [2.24, 2.45) is 0 Å². The summed E-state index contributed by atoms with van der Waals surface area (Å²) >= 11 is 0. The largest absolute Gasteiger partial charge is 0.380 e. The van der Waals surface area contributed by atoms with E-state index in [9.17, 15) is 0 Å². The molecule has 0 amide bonds. The van der Waals surface area contributed by atoms with Crippen LogP contribution < -0.4 is 5.32 Å². The number of nitrogens with one attached hydrogen (secondary N) is 1. The smallest absolute Gasteiger partial charge is 0.0667 e. The van der Waals surface area contributed by atoms with Crippen LogP contribution >= 0.6 is 0 Å². The number of rotatable bonds is 4. The van der Waals surface area contributed by atoms with E-state index in [2.05, 4.69) is 34.5 Å². The van der Waals surface area contributed by atoms with Crippen LogP contribution in [0.2, 0.25) is 0 Å². The van der Waals surface area contributed by atoms with Gasteiger partial charge in [-0.05, 0) is 56.5 Å². The highest BCUT2D eigenvalue weighted by Gasteiger charge is 2.14. The number of anilines is 1. The molecule has 2 aliphatic heterocycles. The van der Waals surface area contributed by atoms with E-state index in [0.29, 0.717) is 6.04 Å². The minimum atomic E-state index is 0.482. The zero-order valence-corrected chi connectivity index (χ0v) is 11.6. The molecule has 0 radical (unpaired) electrons. The van der Waals surface area contributed by atoms with E-state index in [1.54, 1.807) is 0 Å². The third-order valence-corrected chi connectivity index (χ3v) is 4.06. The van der Waals surface area contributed by atoms with Gasteiger partial charge in [0.25, 0.3) is 0 Å². The summed E-state index contributed by atoms with van der Waals surface area (Å²) in [5.41, 5.74) is 2.66. The second-order valence-electron chi connectivity index (χ2n) is 5.74. The molecule has 0 aromatic heterocycles. The molecule has 2 aliphatic rings. The second-order valence-corrected chi connectivity index (χ2v) is 5.74. The predicted octanol–water partition coefficient (Wildman–Crippen LogP) is 2.87. The molecule has 1 aromatic rings.